The fourth-order valence-corrected chi connectivity index (χ4v) is 3.16. The highest BCUT2D eigenvalue weighted by Gasteiger charge is 2.38. The molecule has 0 aromatic rings. The van der Waals surface area contributed by atoms with E-state index in [-0.39, 0.29) is 5.92 Å². The second kappa shape index (κ2) is 4.75. The molecule has 4 atom stereocenters. The first-order valence-corrected chi connectivity index (χ1v) is 6.75. The fraction of sp³-hybridized carbons (Fsp3) is 0.929. The minimum absolute atomic E-state index is 0.266. The van der Waals surface area contributed by atoms with Crippen LogP contribution in [0.15, 0.2) is 0 Å². The van der Waals surface area contributed by atoms with Crippen LogP contribution in [-0.2, 0) is 0 Å². The van der Waals surface area contributed by atoms with E-state index in [0.717, 1.165) is 18.3 Å². The maximum absolute atomic E-state index is 9.26. The Hall–Kier alpha value is -0.550. The van der Waals surface area contributed by atoms with Crippen LogP contribution >= 0.6 is 0 Å². The predicted molar refractivity (Wildman–Crippen MR) is 65.9 cm³/mol. The number of hydrogen-bond donors (Lipinski definition) is 0. The first-order valence-electron chi connectivity index (χ1n) is 6.75. The van der Waals surface area contributed by atoms with Gasteiger partial charge in [-0.1, -0.05) is 6.92 Å². The maximum atomic E-state index is 9.26. The zero-order valence-electron chi connectivity index (χ0n) is 10.8. The van der Waals surface area contributed by atoms with E-state index < -0.39 is 0 Å². The zero-order chi connectivity index (χ0) is 11.7. The van der Waals surface area contributed by atoms with Crippen molar-refractivity contribution in [2.45, 2.75) is 58.0 Å². The quantitative estimate of drug-likeness (QED) is 0.731. The molecule has 2 heteroatoms. The molecule has 0 spiro atoms. The second-order valence-electron chi connectivity index (χ2n) is 5.96. The molecule has 2 nitrogen and oxygen atoms in total. The highest BCUT2D eigenvalue weighted by Crippen LogP contribution is 2.39. The van der Waals surface area contributed by atoms with Crippen molar-refractivity contribution in [1.29, 1.82) is 5.26 Å². The molecule has 2 rings (SSSR count). The summed E-state index contributed by atoms with van der Waals surface area (Å²) in [7, 11) is 2.23. The summed E-state index contributed by atoms with van der Waals surface area (Å²) in [6, 6.07) is 3.70. The summed E-state index contributed by atoms with van der Waals surface area (Å²) in [5, 5.41) is 9.26. The third-order valence-corrected chi connectivity index (χ3v) is 4.71. The minimum Gasteiger partial charge on any atom is -0.299 e. The van der Waals surface area contributed by atoms with E-state index in [1.807, 2.05) is 0 Å². The normalized spacial score (nSPS) is 37.1. The van der Waals surface area contributed by atoms with Crippen molar-refractivity contribution in [1.82, 2.24) is 4.90 Å². The lowest BCUT2D eigenvalue weighted by atomic mass is 9.78. The molecule has 2 fully saturated rings. The molecule has 0 aliphatic heterocycles. The average Bonchev–Trinajstić information content (AvgIpc) is 3.11. The van der Waals surface area contributed by atoms with Gasteiger partial charge in [0.25, 0.3) is 0 Å². The van der Waals surface area contributed by atoms with Crippen LogP contribution in [0.4, 0.5) is 0 Å². The number of nitrogens with zero attached hydrogens (tertiary/aromatic N) is 2. The molecular formula is C14H24N2. The summed E-state index contributed by atoms with van der Waals surface area (Å²) in [5.41, 5.74) is 0. The first-order chi connectivity index (χ1) is 7.63. The minimum atomic E-state index is 0.266. The molecule has 0 bridgehead atoms. The van der Waals surface area contributed by atoms with Crippen LogP contribution in [0.25, 0.3) is 0 Å². The third-order valence-electron chi connectivity index (χ3n) is 4.71. The van der Waals surface area contributed by atoms with Gasteiger partial charge in [-0.05, 0) is 57.9 Å². The largest absolute Gasteiger partial charge is 0.299 e. The summed E-state index contributed by atoms with van der Waals surface area (Å²) in [6.07, 6.45) is 6.34. The van der Waals surface area contributed by atoms with Crippen molar-refractivity contribution in [3.63, 3.8) is 0 Å². The Morgan fingerprint density at radius 2 is 1.94 bits per heavy atom. The van der Waals surface area contributed by atoms with E-state index in [1.54, 1.807) is 0 Å². The van der Waals surface area contributed by atoms with Gasteiger partial charge in [-0.25, -0.2) is 0 Å². The molecule has 90 valence electrons. The van der Waals surface area contributed by atoms with E-state index in [2.05, 4.69) is 31.9 Å². The van der Waals surface area contributed by atoms with Crippen molar-refractivity contribution in [3.05, 3.63) is 0 Å². The monoisotopic (exact) mass is 220 g/mol. The zero-order valence-corrected chi connectivity index (χ0v) is 10.8. The van der Waals surface area contributed by atoms with E-state index in [0.29, 0.717) is 12.1 Å². The van der Waals surface area contributed by atoms with Gasteiger partial charge in [-0.15, -0.1) is 0 Å². The first kappa shape index (κ1) is 11.9. The summed E-state index contributed by atoms with van der Waals surface area (Å²) in [6.45, 7) is 4.67. The van der Waals surface area contributed by atoms with Gasteiger partial charge >= 0.3 is 0 Å². The highest BCUT2D eigenvalue weighted by molar-refractivity contribution is 4.99. The smallest absolute Gasteiger partial charge is 0.0672 e. The Kier molecular flexibility index (Phi) is 3.54. The number of hydrogen-bond acceptors (Lipinski definition) is 2. The van der Waals surface area contributed by atoms with Crippen molar-refractivity contribution in [2.75, 3.05) is 7.05 Å². The van der Waals surface area contributed by atoms with Gasteiger partial charge in [0.2, 0.25) is 0 Å². The van der Waals surface area contributed by atoms with Gasteiger partial charge in [-0.3, -0.25) is 4.90 Å². The molecule has 0 heterocycles. The van der Waals surface area contributed by atoms with Crippen LogP contribution in [0.2, 0.25) is 0 Å². The Labute approximate surface area is 99.6 Å². The van der Waals surface area contributed by atoms with Crippen molar-refractivity contribution >= 4 is 0 Å². The van der Waals surface area contributed by atoms with Gasteiger partial charge in [0.05, 0.1) is 12.0 Å². The summed E-state index contributed by atoms with van der Waals surface area (Å²) < 4.78 is 0. The lowest BCUT2D eigenvalue weighted by Gasteiger charge is -2.40. The molecule has 2 aliphatic rings. The standard InChI is InChI=1S/C14H24N2/c1-10-4-5-13(9-15)14(8-10)16(3)11(2)12-6-7-12/h10-14H,4-8H2,1-3H3. The topological polar surface area (TPSA) is 27.0 Å². The van der Waals surface area contributed by atoms with E-state index in [9.17, 15) is 5.26 Å². The highest BCUT2D eigenvalue weighted by atomic mass is 15.2. The van der Waals surface area contributed by atoms with Crippen LogP contribution in [0.3, 0.4) is 0 Å². The fourth-order valence-electron chi connectivity index (χ4n) is 3.16. The molecule has 0 N–H and O–H groups in total. The molecule has 2 saturated carbocycles. The third kappa shape index (κ3) is 2.40. The van der Waals surface area contributed by atoms with E-state index >= 15 is 0 Å². The molecule has 2 aliphatic carbocycles. The van der Waals surface area contributed by atoms with Gasteiger partial charge in [0, 0.05) is 12.1 Å². The molecule has 0 saturated heterocycles. The molecule has 0 aromatic carbocycles. The molecule has 16 heavy (non-hydrogen) atoms. The second-order valence-corrected chi connectivity index (χ2v) is 5.96. The summed E-state index contributed by atoms with van der Waals surface area (Å²) >= 11 is 0. The van der Waals surface area contributed by atoms with Crippen molar-refractivity contribution < 1.29 is 0 Å². The van der Waals surface area contributed by atoms with E-state index in [1.165, 1.54) is 25.7 Å². The SMILES string of the molecule is CC1CCC(C#N)C(N(C)C(C)C2CC2)C1. The van der Waals surface area contributed by atoms with Crippen LogP contribution in [0.1, 0.15) is 46.0 Å². The predicted octanol–water partition coefficient (Wildman–Crippen LogP) is 3.05. The molecule has 0 amide bonds. The Morgan fingerprint density at radius 1 is 1.25 bits per heavy atom. The average molecular weight is 220 g/mol. The Bertz CT molecular complexity index is 277. The Balaban J connectivity index is 2.00. The van der Waals surface area contributed by atoms with Crippen LogP contribution in [0.5, 0.6) is 0 Å². The van der Waals surface area contributed by atoms with Crippen molar-refractivity contribution in [3.8, 4) is 6.07 Å². The molecule has 0 aromatic heterocycles. The summed E-state index contributed by atoms with van der Waals surface area (Å²) in [4.78, 5) is 2.50. The Morgan fingerprint density at radius 3 is 2.50 bits per heavy atom. The van der Waals surface area contributed by atoms with Crippen LogP contribution in [0, 0.1) is 29.1 Å². The van der Waals surface area contributed by atoms with Gasteiger partial charge in [0.15, 0.2) is 0 Å². The van der Waals surface area contributed by atoms with Gasteiger partial charge < -0.3 is 0 Å². The lowest BCUT2D eigenvalue weighted by Crippen LogP contribution is -2.46. The van der Waals surface area contributed by atoms with Crippen LogP contribution in [-0.4, -0.2) is 24.0 Å². The van der Waals surface area contributed by atoms with E-state index in [4.69, 9.17) is 0 Å². The molecule has 4 unspecified atom stereocenters. The number of rotatable bonds is 3. The molecular weight excluding hydrogens is 196 g/mol. The summed E-state index contributed by atoms with van der Waals surface area (Å²) in [5.74, 6) is 1.97. The molecule has 0 radical (unpaired) electrons. The number of nitriles is 1. The van der Waals surface area contributed by atoms with Gasteiger partial charge in [-0.2, -0.15) is 5.26 Å². The lowest BCUT2D eigenvalue weighted by molar-refractivity contribution is 0.0887. The maximum Gasteiger partial charge on any atom is 0.0672 e. The van der Waals surface area contributed by atoms with Crippen LogP contribution < -0.4 is 0 Å². The van der Waals surface area contributed by atoms with Gasteiger partial charge in [0.1, 0.15) is 0 Å². The van der Waals surface area contributed by atoms with Crippen molar-refractivity contribution in [2.24, 2.45) is 17.8 Å².